The minimum Gasteiger partial charge on any atom is -0.384 e. The van der Waals surface area contributed by atoms with Gasteiger partial charge in [-0.3, -0.25) is 10.00 Å². The molecule has 17 heavy (non-hydrogen) atoms. The lowest BCUT2D eigenvalue weighted by atomic mass is 10.00. The van der Waals surface area contributed by atoms with Crippen molar-refractivity contribution in [3.63, 3.8) is 0 Å². The molecular formula is C13H16N4. The van der Waals surface area contributed by atoms with Crippen molar-refractivity contribution in [2.45, 2.75) is 19.5 Å². The third kappa shape index (κ3) is 2.03. The van der Waals surface area contributed by atoms with Crippen molar-refractivity contribution in [1.29, 1.82) is 0 Å². The summed E-state index contributed by atoms with van der Waals surface area (Å²) in [7, 11) is 0. The number of hydrogen-bond acceptors (Lipinski definition) is 3. The molecule has 2 heterocycles. The minimum absolute atomic E-state index is 0.684. The average Bonchev–Trinajstić information content (AvgIpc) is 2.75. The fourth-order valence-electron chi connectivity index (χ4n) is 2.38. The Balaban J connectivity index is 1.74. The second-order valence-corrected chi connectivity index (χ2v) is 4.54. The predicted octanol–water partition coefficient (Wildman–Crippen LogP) is 1.55. The van der Waals surface area contributed by atoms with Crippen molar-refractivity contribution in [3.05, 3.63) is 47.2 Å². The number of rotatable bonds is 2. The maximum absolute atomic E-state index is 5.81. The number of hydrogen-bond donors (Lipinski definition) is 2. The van der Waals surface area contributed by atoms with E-state index in [4.69, 9.17) is 5.73 Å². The molecule has 0 atom stereocenters. The summed E-state index contributed by atoms with van der Waals surface area (Å²) in [6.45, 7) is 2.96. The smallest absolute Gasteiger partial charge is 0.123 e. The van der Waals surface area contributed by atoms with Crippen LogP contribution in [0.15, 0.2) is 30.5 Å². The molecule has 0 spiro atoms. The Morgan fingerprint density at radius 3 is 2.88 bits per heavy atom. The van der Waals surface area contributed by atoms with E-state index in [-0.39, 0.29) is 0 Å². The molecule has 3 rings (SSSR count). The Bertz CT molecular complexity index is 518. The predicted molar refractivity (Wildman–Crippen MR) is 67.3 cm³/mol. The van der Waals surface area contributed by atoms with Gasteiger partial charge in [-0.05, 0) is 17.5 Å². The van der Waals surface area contributed by atoms with Gasteiger partial charge in [-0.25, -0.2) is 0 Å². The van der Waals surface area contributed by atoms with Crippen LogP contribution < -0.4 is 5.73 Å². The van der Waals surface area contributed by atoms with E-state index in [1.807, 2.05) is 6.20 Å². The van der Waals surface area contributed by atoms with E-state index < -0.39 is 0 Å². The van der Waals surface area contributed by atoms with Gasteiger partial charge in [0.1, 0.15) is 5.82 Å². The molecule has 0 aliphatic carbocycles. The Morgan fingerprint density at radius 2 is 2.12 bits per heavy atom. The highest BCUT2D eigenvalue weighted by Crippen LogP contribution is 2.21. The van der Waals surface area contributed by atoms with E-state index in [0.717, 1.165) is 31.6 Å². The average molecular weight is 228 g/mol. The molecule has 1 aromatic carbocycles. The number of anilines is 1. The Morgan fingerprint density at radius 1 is 1.29 bits per heavy atom. The molecule has 1 aliphatic rings. The quantitative estimate of drug-likeness (QED) is 0.820. The fourth-order valence-corrected chi connectivity index (χ4v) is 2.38. The summed E-state index contributed by atoms with van der Waals surface area (Å²) in [6.07, 6.45) is 2.93. The highest BCUT2D eigenvalue weighted by molar-refractivity contribution is 5.37. The molecule has 3 N–H and O–H groups in total. The molecule has 0 fully saturated rings. The first-order valence-corrected chi connectivity index (χ1v) is 5.90. The molecular weight excluding hydrogens is 212 g/mol. The molecule has 0 saturated carbocycles. The van der Waals surface area contributed by atoms with E-state index in [0.29, 0.717) is 5.82 Å². The van der Waals surface area contributed by atoms with Crippen LogP contribution in [-0.4, -0.2) is 21.6 Å². The van der Waals surface area contributed by atoms with Crippen molar-refractivity contribution in [2.75, 3.05) is 12.3 Å². The van der Waals surface area contributed by atoms with Crippen LogP contribution in [0.3, 0.4) is 0 Å². The third-order valence-electron chi connectivity index (χ3n) is 3.35. The standard InChI is InChI=1S/C13H16N4/c14-13-12(7-15-16-13)9-17-6-5-10-3-1-2-4-11(10)8-17/h1-4,7H,5-6,8-9H2,(H3,14,15,16). The van der Waals surface area contributed by atoms with E-state index in [1.54, 1.807) is 0 Å². The van der Waals surface area contributed by atoms with E-state index >= 15 is 0 Å². The summed E-state index contributed by atoms with van der Waals surface area (Å²) in [5.74, 6) is 0.684. The number of H-pyrrole nitrogens is 1. The zero-order valence-corrected chi connectivity index (χ0v) is 9.69. The van der Waals surface area contributed by atoms with Gasteiger partial charge in [0.25, 0.3) is 0 Å². The number of aromatic amines is 1. The Labute approximate surface area is 100 Å². The minimum atomic E-state index is 0.684. The molecule has 0 unspecified atom stereocenters. The zero-order chi connectivity index (χ0) is 11.7. The van der Waals surface area contributed by atoms with Gasteiger partial charge in [-0.1, -0.05) is 24.3 Å². The summed E-state index contributed by atoms with van der Waals surface area (Å²) >= 11 is 0. The maximum Gasteiger partial charge on any atom is 0.123 e. The first kappa shape index (κ1) is 10.4. The molecule has 2 aromatic rings. The maximum atomic E-state index is 5.81. The normalized spacial score (nSPS) is 15.8. The van der Waals surface area contributed by atoms with Gasteiger partial charge in [0.2, 0.25) is 0 Å². The lowest BCUT2D eigenvalue weighted by molar-refractivity contribution is 0.246. The number of benzene rings is 1. The van der Waals surface area contributed by atoms with Crippen molar-refractivity contribution in [2.24, 2.45) is 0 Å². The summed E-state index contributed by atoms with van der Waals surface area (Å²) in [5.41, 5.74) is 9.80. The third-order valence-corrected chi connectivity index (χ3v) is 3.35. The lowest BCUT2D eigenvalue weighted by Gasteiger charge is -2.28. The van der Waals surface area contributed by atoms with Gasteiger partial charge in [0.15, 0.2) is 0 Å². The van der Waals surface area contributed by atoms with E-state index in [9.17, 15) is 0 Å². The van der Waals surface area contributed by atoms with Gasteiger partial charge < -0.3 is 5.73 Å². The van der Waals surface area contributed by atoms with Gasteiger partial charge in [-0.2, -0.15) is 5.10 Å². The van der Waals surface area contributed by atoms with Crippen LogP contribution in [0, 0.1) is 0 Å². The topological polar surface area (TPSA) is 57.9 Å². The summed E-state index contributed by atoms with van der Waals surface area (Å²) in [4.78, 5) is 2.41. The second kappa shape index (κ2) is 4.22. The Hall–Kier alpha value is -1.81. The van der Waals surface area contributed by atoms with Crippen molar-refractivity contribution in [3.8, 4) is 0 Å². The van der Waals surface area contributed by atoms with Crippen LogP contribution in [0.4, 0.5) is 5.82 Å². The highest BCUT2D eigenvalue weighted by Gasteiger charge is 2.16. The van der Waals surface area contributed by atoms with Crippen LogP contribution in [0.25, 0.3) is 0 Å². The number of nitrogens with zero attached hydrogens (tertiary/aromatic N) is 2. The van der Waals surface area contributed by atoms with Crippen molar-refractivity contribution in [1.82, 2.24) is 15.1 Å². The lowest BCUT2D eigenvalue weighted by Crippen LogP contribution is -2.30. The summed E-state index contributed by atoms with van der Waals surface area (Å²) in [6, 6.07) is 8.65. The molecule has 88 valence electrons. The molecule has 0 amide bonds. The van der Waals surface area contributed by atoms with Gasteiger partial charge in [0.05, 0.1) is 6.20 Å². The molecule has 1 aromatic heterocycles. The molecule has 0 radical (unpaired) electrons. The van der Waals surface area contributed by atoms with Gasteiger partial charge >= 0.3 is 0 Å². The van der Waals surface area contributed by atoms with Gasteiger partial charge in [0, 0.05) is 25.2 Å². The number of nitrogens with one attached hydrogen (secondary N) is 1. The van der Waals surface area contributed by atoms with Crippen LogP contribution in [0.5, 0.6) is 0 Å². The molecule has 0 saturated heterocycles. The second-order valence-electron chi connectivity index (χ2n) is 4.54. The van der Waals surface area contributed by atoms with Crippen molar-refractivity contribution < 1.29 is 0 Å². The van der Waals surface area contributed by atoms with Gasteiger partial charge in [-0.15, -0.1) is 0 Å². The zero-order valence-electron chi connectivity index (χ0n) is 9.69. The fraction of sp³-hybridized carbons (Fsp3) is 0.308. The van der Waals surface area contributed by atoms with Crippen LogP contribution in [0.1, 0.15) is 16.7 Å². The molecule has 4 heteroatoms. The van der Waals surface area contributed by atoms with Crippen molar-refractivity contribution >= 4 is 5.82 Å². The number of nitrogens with two attached hydrogens (primary N) is 1. The SMILES string of the molecule is Nc1[nH]ncc1CN1CCc2ccccc2C1. The molecule has 1 aliphatic heterocycles. The largest absolute Gasteiger partial charge is 0.384 e. The van der Waals surface area contributed by atoms with Crippen LogP contribution in [-0.2, 0) is 19.5 Å². The van der Waals surface area contributed by atoms with Crippen LogP contribution in [0.2, 0.25) is 0 Å². The Kier molecular flexibility index (Phi) is 2.57. The number of aromatic nitrogens is 2. The summed E-state index contributed by atoms with van der Waals surface area (Å²) < 4.78 is 0. The first-order valence-electron chi connectivity index (χ1n) is 5.90. The van der Waals surface area contributed by atoms with E-state index in [2.05, 4.69) is 39.4 Å². The van der Waals surface area contributed by atoms with E-state index in [1.165, 1.54) is 11.1 Å². The first-order chi connectivity index (χ1) is 8.33. The summed E-state index contributed by atoms with van der Waals surface area (Å²) in [5, 5.41) is 6.73. The van der Waals surface area contributed by atoms with Crippen LogP contribution >= 0.6 is 0 Å². The highest BCUT2D eigenvalue weighted by atomic mass is 15.2. The number of fused-ring (bicyclic) bond motifs is 1. The molecule has 4 nitrogen and oxygen atoms in total. The molecule has 0 bridgehead atoms. The number of nitrogen functional groups attached to an aromatic ring is 1. The monoisotopic (exact) mass is 228 g/mol.